The number of aliphatic hydroxyl groups excluding tert-OH is 1. The van der Waals surface area contributed by atoms with Crippen LogP contribution in [0.5, 0.6) is 0 Å². The lowest BCUT2D eigenvalue weighted by Gasteiger charge is -2.24. The summed E-state index contributed by atoms with van der Waals surface area (Å²) in [6.45, 7) is 8.16. The first-order chi connectivity index (χ1) is 6.94. The average molecular weight is 331 g/mol. The van der Waals surface area contributed by atoms with Gasteiger partial charge in [-0.1, -0.05) is 26.0 Å². The van der Waals surface area contributed by atoms with Crippen molar-refractivity contribution >= 4 is 35.4 Å². The smallest absolute Gasteiger partial charge is 0.0765 e. The maximum absolute atomic E-state index is 9.76. The zero-order valence-electron chi connectivity index (χ0n) is 10.1. The fourth-order valence-corrected chi connectivity index (χ4v) is 2.18. The Labute approximate surface area is 114 Å². The van der Waals surface area contributed by atoms with Gasteiger partial charge in [0.25, 0.3) is 0 Å². The molecule has 1 atom stereocenters. The first kappa shape index (κ1) is 13.6. The second-order valence-electron chi connectivity index (χ2n) is 4.74. The van der Waals surface area contributed by atoms with E-state index in [1.807, 2.05) is 25.1 Å². The van der Waals surface area contributed by atoms with Gasteiger partial charge in [0.05, 0.1) is 11.8 Å². The summed E-state index contributed by atoms with van der Waals surface area (Å²) in [5.74, 6) is 0. The van der Waals surface area contributed by atoms with E-state index in [-0.39, 0.29) is 29.4 Å². The third kappa shape index (κ3) is 1.91. The molecule has 0 fully saturated rings. The third-order valence-corrected chi connectivity index (χ3v) is 3.34. The van der Waals surface area contributed by atoms with Crippen molar-refractivity contribution < 1.29 is 5.11 Å². The van der Waals surface area contributed by atoms with Crippen LogP contribution in [0.2, 0.25) is 0 Å². The summed E-state index contributed by atoms with van der Waals surface area (Å²) in [4.78, 5) is 4.55. The lowest BCUT2D eigenvalue weighted by molar-refractivity contribution is 0.197. The number of aliphatic imine (C=N–C) groups is 1. The summed E-state index contributed by atoms with van der Waals surface area (Å²) in [7, 11) is 0. The number of halogens is 1. The molecular weight excluding hydrogens is 313 g/mol. The van der Waals surface area contributed by atoms with Crippen LogP contribution in [-0.4, -0.2) is 10.8 Å². The maximum Gasteiger partial charge on any atom is 0.0765 e. The lowest BCUT2D eigenvalue weighted by atomic mass is 9.79. The van der Waals surface area contributed by atoms with Gasteiger partial charge in [-0.15, -0.1) is 24.0 Å². The van der Waals surface area contributed by atoms with Gasteiger partial charge in [-0.2, -0.15) is 0 Å². The monoisotopic (exact) mass is 331 g/mol. The molecule has 1 aliphatic rings. The molecule has 1 unspecified atom stereocenters. The molecule has 0 amide bonds. The summed E-state index contributed by atoms with van der Waals surface area (Å²) in [5.41, 5.74) is 4.25. The zero-order chi connectivity index (χ0) is 11.2. The first-order valence-corrected chi connectivity index (χ1v) is 5.32. The van der Waals surface area contributed by atoms with E-state index in [1.54, 1.807) is 6.92 Å². The van der Waals surface area contributed by atoms with E-state index in [9.17, 15) is 5.11 Å². The van der Waals surface area contributed by atoms with E-state index in [0.717, 1.165) is 17.0 Å². The van der Waals surface area contributed by atoms with Crippen molar-refractivity contribution in [3.63, 3.8) is 0 Å². The van der Waals surface area contributed by atoms with Crippen molar-refractivity contribution in [1.29, 1.82) is 0 Å². The number of aliphatic hydroxyl groups is 1. The molecule has 1 N–H and O–H groups in total. The van der Waals surface area contributed by atoms with Gasteiger partial charge in [-0.3, -0.25) is 4.99 Å². The number of hydrogen-bond donors (Lipinski definition) is 1. The molecule has 2 nitrogen and oxygen atoms in total. The van der Waals surface area contributed by atoms with Crippen LogP contribution >= 0.6 is 24.0 Å². The highest BCUT2D eigenvalue weighted by Gasteiger charge is 2.34. The summed E-state index contributed by atoms with van der Waals surface area (Å²) in [6.07, 6.45) is -0.430. The van der Waals surface area contributed by atoms with Crippen LogP contribution in [0.3, 0.4) is 0 Å². The Kier molecular flexibility index (Phi) is 3.80. The van der Waals surface area contributed by atoms with Crippen LogP contribution < -0.4 is 0 Å². The number of rotatable bonds is 1. The number of hydrogen-bond acceptors (Lipinski definition) is 2. The number of benzene rings is 1. The largest absolute Gasteiger partial charge is 0.389 e. The van der Waals surface area contributed by atoms with E-state index in [2.05, 4.69) is 18.8 Å². The summed E-state index contributed by atoms with van der Waals surface area (Å²) >= 11 is 0. The normalized spacial score (nSPS) is 18.4. The summed E-state index contributed by atoms with van der Waals surface area (Å²) < 4.78 is 0. The van der Waals surface area contributed by atoms with Crippen molar-refractivity contribution in [1.82, 2.24) is 0 Å². The summed E-state index contributed by atoms with van der Waals surface area (Å²) in [5, 5.41) is 9.76. The molecule has 1 aromatic rings. The number of nitrogens with zero attached hydrogens (tertiary/aromatic N) is 1. The van der Waals surface area contributed by atoms with Gasteiger partial charge in [0.1, 0.15) is 0 Å². The number of fused-ring (bicyclic) bond motifs is 1. The Morgan fingerprint density at radius 3 is 2.50 bits per heavy atom. The SMILES string of the molecule is CC1=Nc2cccc(C(C)O)c2C1(C)C.I. The third-order valence-electron chi connectivity index (χ3n) is 3.34. The van der Waals surface area contributed by atoms with Crippen LogP contribution in [0.15, 0.2) is 23.2 Å². The van der Waals surface area contributed by atoms with Crippen molar-refractivity contribution in [3.05, 3.63) is 29.3 Å². The minimum Gasteiger partial charge on any atom is -0.389 e. The molecule has 0 aliphatic carbocycles. The Balaban J connectivity index is 0.00000128. The van der Waals surface area contributed by atoms with Crippen LogP contribution in [0.4, 0.5) is 5.69 Å². The van der Waals surface area contributed by atoms with E-state index in [1.165, 1.54) is 5.56 Å². The van der Waals surface area contributed by atoms with Gasteiger partial charge in [0, 0.05) is 11.1 Å². The van der Waals surface area contributed by atoms with Crippen molar-refractivity contribution in [2.45, 2.75) is 39.2 Å². The minimum absolute atomic E-state index is 0. The lowest BCUT2D eigenvalue weighted by Crippen LogP contribution is -2.24. The van der Waals surface area contributed by atoms with Gasteiger partial charge < -0.3 is 5.11 Å². The van der Waals surface area contributed by atoms with Crippen molar-refractivity contribution in [2.24, 2.45) is 4.99 Å². The molecule has 3 heteroatoms. The molecule has 1 heterocycles. The molecule has 0 bridgehead atoms. The minimum atomic E-state index is -0.430. The van der Waals surface area contributed by atoms with Crippen LogP contribution in [0.1, 0.15) is 44.9 Å². The molecule has 2 rings (SSSR count). The Morgan fingerprint density at radius 2 is 1.94 bits per heavy atom. The predicted molar refractivity (Wildman–Crippen MR) is 78.3 cm³/mol. The van der Waals surface area contributed by atoms with Crippen molar-refractivity contribution in [3.8, 4) is 0 Å². The molecule has 0 aromatic heterocycles. The predicted octanol–water partition coefficient (Wildman–Crippen LogP) is 3.74. The topological polar surface area (TPSA) is 32.6 Å². The molecule has 16 heavy (non-hydrogen) atoms. The van der Waals surface area contributed by atoms with Gasteiger partial charge in [0.2, 0.25) is 0 Å². The molecule has 0 saturated carbocycles. The second-order valence-corrected chi connectivity index (χ2v) is 4.74. The van der Waals surface area contributed by atoms with Gasteiger partial charge >= 0.3 is 0 Å². The Hall–Kier alpha value is -0.420. The second kappa shape index (κ2) is 4.45. The fourth-order valence-electron chi connectivity index (χ4n) is 2.18. The zero-order valence-corrected chi connectivity index (χ0v) is 12.4. The Bertz CT molecular complexity index is 436. The molecule has 0 radical (unpaired) electrons. The molecule has 88 valence electrons. The highest BCUT2D eigenvalue weighted by molar-refractivity contribution is 14.0. The Morgan fingerprint density at radius 1 is 1.31 bits per heavy atom. The van der Waals surface area contributed by atoms with Gasteiger partial charge in [0.15, 0.2) is 0 Å². The van der Waals surface area contributed by atoms with Crippen LogP contribution in [0, 0.1) is 0 Å². The van der Waals surface area contributed by atoms with E-state index in [4.69, 9.17) is 0 Å². The molecule has 0 spiro atoms. The van der Waals surface area contributed by atoms with Gasteiger partial charge in [-0.05, 0) is 31.0 Å². The van der Waals surface area contributed by atoms with E-state index >= 15 is 0 Å². The average Bonchev–Trinajstić information content (AvgIpc) is 2.38. The van der Waals surface area contributed by atoms with E-state index < -0.39 is 6.10 Å². The highest BCUT2D eigenvalue weighted by atomic mass is 127. The fraction of sp³-hybridized carbons (Fsp3) is 0.462. The van der Waals surface area contributed by atoms with Gasteiger partial charge in [-0.25, -0.2) is 0 Å². The quantitative estimate of drug-likeness (QED) is 0.781. The molecule has 1 aliphatic heterocycles. The standard InChI is InChI=1S/C13H17NO.HI/c1-8(15)10-6-5-7-11-12(10)13(3,4)9(2)14-11;/h5-8,15H,1-4H3;1H. The van der Waals surface area contributed by atoms with E-state index in [0.29, 0.717) is 0 Å². The molecule has 1 aromatic carbocycles. The maximum atomic E-state index is 9.76. The molecule has 0 saturated heterocycles. The van der Waals surface area contributed by atoms with Crippen LogP contribution in [0.25, 0.3) is 0 Å². The molecular formula is C13H18INO. The first-order valence-electron chi connectivity index (χ1n) is 5.32. The highest BCUT2D eigenvalue weighted by Crippen LogP contribution is 2.43. The summed E-state index contributed by atoms with van der Waals surface area (Å²) in [6, 6.07) is 5.96. The van der Waals surface area contributed by atoms with Crippen LogP contribution in [-0.2, 0) is 5.41 Å². The van der Waals surface area contributed by atoms with Crippen molar-refractivity contribution in [2.75, 3.05) is 0 Å².